The number of nitrogens with zero attached hydrogens (tertiary/aromatic N) is 5. The van der Waals surface area contributed by atoms with Crippen LogP contribution in [0.25, 0.3) is 22.4 Å². The molecular weight excluding hydrogens is 426 g/mol. The summed E-state index contributed by atoms with van der Waals surface area (Å²) in [6, 6.07) is 9.35. The van der Waals surface area contributed by atoms with Crippen LogP contribution in [0.5, 0.6) is 0 Å². The van der Waals surface area contributed by atoms with Gasteiger partial charge in [-0.15, -0.1) is 0 Å². The molecule has 32 heavy (non-hydrogen) atoms. The second-order valence-electron chi connectivity index (χ2n) is 9.08. The van der Waals surface area contributed by atoms with Crippen molar-refractivity contribution in [3.05, 3.63) is 69.5 Å². The number of imidazole rings is 1. The Morgan fingerprint density at radius 1 is 1.16 bits per heavy atom. The normalized spacial score (nSPS) is 18.4. The van der Waals surface area contributed by atoms with Gasteiger partial charge in [0.05, 0.1) is 41.3 Å². The molecule has 164 valence electrons. The van der Waals surface area contributed by atoms with Crippen molar-refractivity contribution in [2.75, 3.05) is 26.3 Å². The van der Waals surface area contributed by atoms with Crippen molar-refractivity contribution in [3.8, 4) is 5.69 Å². The molecule has 0 saturated carbocycles. The minimum Gasteiger partial charge on any atom is -0.380 e. The van der Waals surface area contributed by atoms with Crippen LogP contribution in [0, 0.1) is 12.3 Å². The molecule has 0 aliphatic carbocycles. The molecule has 5 heterocycles. The number of pyridine rings is 1. The third kappa shape index (κ3) is 3.15. The van der Waals surface area contributed by atoms with Crippen molar-refractivity contribution >= 4 is 28.3 Å². The van der Waals surface area contributed by atoms with Crippen molar-refractivity contribution < 1.29 is 4.74 Å². The summed E-state index contributed by atoms with van der Waals surface area (Å²) in [4.78, 5) is 25.2. The number of hydrogen-bond donors (Lipinski definition) is 0. The van der Waals surface area contributed by atoms with E-state index >= 15 is 0 Å². The van der Waals surface area contributed by atoms with E-state index in [0.717, 1.165) is 73.8 Å². The zero-order valence-corrected chi connectivity index (χ0v) is 18.7. The molecule has 2 aliphatic rings. The van der Waals surface area contributed by atoms with Crippen LogP contribution in [-0.2, 0) is 11.3 Å². The summed E-state index contributed by atoms with van der Waals surface area (Å²) in [7, 11) is 0. The molecule has 4 aromatic rings. The van der Waals surface area contributed by atoms with Gasteiger partial charge < -0.3 is 4.74 Å². The summed E-state index contributed by atoms with van der Waals surface area (Å²) in [5.74, 6) is 0. The smallest absolute Gasteiger partial charge is 0.299 e. The minimum absolute atomic E-state index is 0.175. The maximum Gasteiger partial charge on any atom is 0.299 e. The highest BCUT2D eigenvalue weighted by Crippen LogP contribution is 2.38. The number of halogens is 1. The molecule has 0 N–H and O–H groups in total. The maximum atomic E-state index is 13.6. The number of likely N-dealkylation sites (tertiary alicyclic amines) is 1. The summed E-state index contributed by atoms with van der Waals surface area (Å²) < 4.78 is 9.02. The number of benzene rings is 1. The van der Waals surface area contributed by atoms with E-state index < -0.39 is 0 Å². The Kier molecular flexibility index (Phi) is 4.61. The van der Waals surface area contributed by atoms with Gasteiger partial charge in [0.1, 0.15) is 0 Å². The van der Waals surface area contributed by atoms with Crippen molar-refractivity contribution in [2.45, 2.75) is 26.3 Å². The predicted molar refractivity (Wildman–Crippen MR) is 124 cm³/mol. The van der Waals surface area contributed by atoms with E-state index in [-0.39, 0.29) is 5.56 Å². The third-order valence-electron chi connectivity index (χ3n) is 6.93. The molecule has 0 atom stereocenters. The molecule has 2 fully saturated rings. The van der Waals surface area contributed by atoms with Gasteiger partial charge in [0, 0.05) is 29.4 Å². The average Bonchev–Trinajstić information content (AvgIpc) is 3.19. The SMILES string of the molecule is Cc1ncccc1-n1c(=O)c2nc(CN3CCC4(CC3)COC4)cn2c2ccc(Cl)cc21. The average molecular weight is 450 g/mol. The number of ether oxygens (including phenoxy) is 1. The van der Waals surface area contributed by atoms with E-state index in [1.807, 2.05) is 47.9 Å². The van der Waals surface area contributed by atoms with E-state index in [1.165, 1.54) is 0 Å². The lowest BCUT2D eigenvalue weighted by atomic mass is 9.77. The largest absolute Gasteiger partial charge is 0.380 e. The van der Waals surface area contributed by atoms with Crippen molar-refractivity contribution in [3.63, 3.8) is 0 Å². The molecule has 2 aliphatic heterocycles. The molecule has 1 spiro atoms. The predicted octanol–water partition coefficient (Wildman–Crippen LogP) is 3.61. The monoisotopic (exact) mass is 449 g/mol. The lowest BCUT2D eigenvalue weighted by Gasteiger charge is -2.47. The Bertz CT molecular complexity index is 1400. The second kappa shape index (κ2) is 7.40. The van der Waals surface area contributed by atoms with Gasteiger partial charge in [-0.05, 0) is 63.2 Å². The number of aromatic nitrogens is 4. The first-order valence-corrected chi connectivity index (χ1v) is 11.4. The number of aryl methyl sites for hydroxylation is 1. The zero-order chi connectivity index (χ0) is 21.9. The van der Waals surface area contributed by atoms with Crippen LogP contribution >= 0.6 is 11.6 Å². The minimum atomic E-state index is -0.175. The topological polar surface area (TPSA) is 64.7 Å². The van der Waals surface area contributed by atoms with Crippen LogP contribution in [0.4, 0.5) is 0 Å². The fourth-order valence-electron chi connectivity index (χ4n) is 4.97. The Hall–Kier alpha value is -2.74. The maximum absolute atomic E-state index is 13.6. The lowest BCUT2D eigenvalue weighted by Crippen LogP contribution is -2.50. The van der Waals surface area contributed by atoms with E-state index in [9.17, 15) is 4.79 Å². The quantitative estimate of drug-likeness (QED) is 0.478. The molecule has 0 bridgehead atoms. The Morgan fingerprint density at radius 3 is 2.69 bits per heavy atom. The highest BCUT2D eigenvalue weighted by Gasteiger charge is 2.41. The third-order valence-corrected chi connectivity index (χ3v) is 7.16. The fourth-order valence-corrected chi connectivity index (χ4v) is 5.14. The van der Waals surface area contributed by atoms with Gasteiger partial charge in [-0.1, -0.05) is 11.6 Å². The summed E-state index contributed by atoms with van der Waals surface area (Å²) in [5, 5.41) is 0.578. The van der Waals surface area contributed by atoms with Gasteiger partial charge in [-0.25, -0.2) is 4.98 Å². The van der Waals surface area contributed by atoms with Crippen LogP contribution < -0.4 is 5.56 Å². The molecule has 8 heteroatoms. The van der Waals surface area contributed by atoms with Crippen LogP contribution in [-0.4, -0.2) is 50.1 Å². The van der Waals surface area contributed by atoms with Gasteiger partial charge in [-0.3, -0.25) is 23.6 Å². The van der Waals surface area contributed by atoms with Gasteiger partial charge in [-0.2, -0.15) is 0 Å². The molecule has 6 rings (SSSR count). The fraction of sp³-hybridized carbons (Fsp3) is 0.375. The summed E-state index contributed by atoms with van der Waals surface area (Å²) in [6.45, 7) is 6.50. The van der Waals surface area contributed by atoms with Crippen LogP contribution in [0.15, 0.2) is 47.5 Å². The van der Waals surface area contributed by atoms with Crippen molar-refractivity contribution in [2.24, 2.45) is 5.41 Å². The Balaban J connectivity index is 1.45. The van der Waals surface area contributed by atoms with Crippen molar-refractivity contribution in [1.29, 1.82) is 0 Å². The highest BCUT2D eigenvalue weighted by atomic mass is 35.5. The molecular formula is C24H24ClN5O2. The van der Waals surface area contributed by atoms with Gasteiger partial charge in [0.15, 0.2) is 0 Å². The van der Waals surface area contributed by atoms with E-state index in [4.69, 9.17) is 21.3 Å². The molecule has 0 unspecified atom stereocenters. The van der Waals surface area contributed by atoms with E-state index in [1.54, 1.807) is 10.8 Å². The first-order valence-electron chi connectivity index (χ1n) is 11.0. The second-order valence-corrected chi connectivity index (χ2v) is 9.51. The molecule has 0 amide bonds. The first-order chi connectivity index (χ1) is 15.5. The molecule has 0 radical (unpaired) electrons. The van der Waals surface area contributed by atoms with Gasteiger partial charge in [0.2, 0.25) is 5.65 Å². The summed E-state index contributed by atoms with van der Waals surface area (Å²) in [5.41, 5.74) is 4.68. The highest BCUT2D eigenvalue weighted by molar-refractivity contribution is 6.31. The van der Waals surface area contributed by atoms with Crippen LogP contribution in [0.1, 0.15) is 24.2 Å². The lowest BCUT2D eigenvalue weighted by molar-refractivity contribution is -0.140. The Morgan fingerprint density at radius 2 is 1.97 bits per heavy atom. The summed E-state index contributed by atoms with van der Waals surface area (Å²) >= 11 is 6.32. The number of fused-ring (bicyclic) bond motifs is 3. The molecule has 2 saturated heterocycles. The zero-order valence-electron chi connectivity index (χ0n) is 17.9. The van der Waals surface area contributed by atoms with Gasteiger partial charge >= 0.3 is 0 Å². The molecule has 3 aromatic heterocycles. The standard InChI is InChI=1S/C24H24ClN5O2/c1-16-19(3-2-8-26-16)30-21-11-17(25)4-5-20(21)29-13-18(27-22(29)23(30)31)12-28-9-6-24(7-10-28)14-32-15-24/h2-5,8,11,13H,6-7,9-10,12,14-15H2,1H3. The van der Waals surface area contributed by atoms with Crippen LogP contribution in [0.2, 0.25) is 5.02 Å². The van der Waals surface area contributed by atoms with Crippen molar-refractivity contribution in [1.82, 2.24) is 23.8 Å². The first kappa shape index (κ1) is 19.9. The Labute approximate surface area is 190 Å². The number of piperidine rings is 1. The summed E-state index contributed by atoms with van der Waals surface area (Å²) in [6.07, 6.45) is 6.04. The number of hydrogen-bond acceptors (Lipinski definition) is 5. The number of rotatable bonds is 3. The van der Waals surface area contributed by atoms with Gasteiger partial charge in [0.25, 0.3) is 5.56 Å². The van der Waals surface area contributed by atoms with Crippen LogP contribution in [0.3, 0.4) is 0 Å². The molecule has 1 aromatic carbocycles. The van der Waals surface area contributed by atoms with E-state index in [2.05, 4.69) is 9.88 Å². The van der Waals surface area contributed by atoms with E-state index in [0.29, 0.717) is 16.1 Å². The molecule has 7 nitrogen and oxygen atoms in total.